The molecule has 0 bridgehead atoms. The number of fused-ring (bicyclic) bond motifs is 1. The van der Waals surface area contributed by atoms with Crippen LogP contribution in [-0.2, 0) is 10.0 Å². The van der Waals surface area contributed by atoms with Gasteiger partial charge >= 0.3 is 0 Å². The van der Waals surface area contributed by atoms with Gasteiger partial charge in [0.1, 0.15) is 11.5 Å². The van der Waals surface area contributed by atoms with Crippen LogP contribution < -0.4 is 19.8 Å². The number of sulfonamides is 1. The number of nitrogens with one attached hydrogen (secondary N) is 1. The van der Waals surface area contributed by atoms with E-state index in [9.17, 15) is 13.2 Å². The molecule has 0 aliphatic rings. The van der Waals surface area contributed by atoms with Gasteiger partial charge in [-0.15, -0.1) is 0 Å². The highest BCUT2D eigenvalue weighted by molar-refractivity contribution is 7.92. The number of benzene rings is 3. The highest BCUT2D eigenvalue weighted by Gasteiger charge is 2.19. The topological polar surface area (TPSA) is 112 Å². The van der Waals surface area contributed by atoms with Gasteiger partial charge in [0.2, 0.25) is 5.95 Å². The third-order valence-corrected chi connectivity index (χ3v) is 7.85. The molecule has 0 unspecified atom stereocenters. The summed E-state index contributed by atoms with van der Waals surface area (Å²) in [6.45, 7) is 3.96. The fourth-order valence-electron chi connectivity index (χ4n) is 4.60. The molecule has 0 saturated carbocycles. The van der Waals surface area contributed by atoms with Crippen molar-refractivity contribution in [3.05, 3.63) is 101 Å². The molecular weight excluding hydrogens is 516 g/mol. The summed E-state index contributed by atoms with van der Waals surface area (Å²) in [5, 5.41) is 0.555. The number of aryl methyl sites for hydroxylation is 1. The highest BCUT2D eigenvalue weighted by Crippen LogP contribution is 2.37. The number of rotatable bonds is 7. The Labute approximate surface area is 225 Å². The molecule has 5 rings (SSSR count). The Balaban J connectivity index is 1.64. The number of aromatic nitrogens is 3. The van der Waals surface area contributed by atoms with Crippen molar-refractivity contribution in [3.8, 4) is 28.3 Å². The van der Waals surface area contributed by atoms with Crippen LogP contribution in [0.1, 0.15) is 11.1 Å². The second-order valence-electron chi connectivity index (χ2n) is 8.88. The van der Waals surface area contributed by atoms with E-state index in [0.717, 1.165) is 28.0 Å². The molecule has 5 aromatic rings. The summed E-state index contributed by atoms with van der Waals surface area (Å²) < 4.78 is 41.1. The highest BCUT2D eigenvalue weighted by atomic mass is 32.2. The van der Waals surface area contributed by atoms with Crippen LogP contribution >= 0.6 is 0 Å². The predicted molar refractivity (Wildman–Crippen MR) is 150 cm³/mol. The van der Waals surface area contributed by atoms with E-state index in [-0.39, 0.29) is 16.4 Å². The van der Waals surface area contributed by atoms with E-state index in [4.69, 9.17) is 9.47 Å². The minimum atomic E-state index is -3.96. The number of methoxy groups -OCH3 is 2. The van der Waals surface area contributed by atoms with Crippen molar-refractivity contribution in [1.29, 1.82) is 0 Å². The molecule has 39 heavy (non-hydrogen) atoms. The Hall–Kier alpha value is -4.70. The van der Waals surface area contributed by atoms with Crippen molar-refractivity contribution in [2.75, 3.05) is 18.9 Å². The summed E-state index contributed by atoms with van der Waals surface area (Å²) in [5.74, 6) is 1.24. The number of hydrogen-bond acceptors (Lipinski definition) is 7. The molecule has 0 amide bonds. The number of ether oxygens (including phenoxy) is 2. The first-order valence-corrected chi connectivity index (χ1v) is 13.5. The first-order chi connectivity index (χ1) is 18.7. The van der Waals surface area contributed by atoms with Gasteiger partial charge in [-0.05, 0) is 84.6 Å². The van der Waals surface area contributed by atoms with Crippen LogP contribution in [0.25, 0.3) is 27.7 Å². The van der Waals surface area contributed by atoms with Crippen molar-refractivity contribution in [2.45, 2.75) is 18.7 Å². The van der Waals surface area contributed by atoms with Gasteiger partial charge in [-0.1, -0.05) is 12.1 Å². The van der Waals surface area contributed by atoms with Crippen LogP contribution in [-0.4, -0.2) is 37.2 Å². The second-order valence-corrected chi connectivity index (χ2v) is 10.6. The van der Waals surface area contributed by atoms with Crippen molar-refractivity contribution < 1.29 is 17.9 Å². The zero-order valence-electron chi connectivity index (χ0n) is 21.8. The van der Waals surface area contributed by atoms with Crippen LogP contribution in [0.5, 0.6) is 11.5 Å². The lowest BCUT2D eigenvalue weighted by Gasteiger charge is -2.19. The Morgan fingerprint density at radius 2 is 1.56 bits per heavy atom. The zero-order valence-corrected chi connectivity index (χ0v) is 22.6. The molecule has 0 atom stereocenters. The van der Waals surface area contributed by atoms with Gasteiger partial charge in [-0.3, -0.25) is 9.36 Å². The quantitative estimate of drug-likeness (QED) is 0.312. The molecule has 0 fully saturated rings. The molecular formula is C29H26N4O5S. The molecule has 3 aromatic carbocycles. The molecule has 0 radical (unpaired) electrons. The van der Waals surface area contributed by atoms with Crippen LogP contribution in [0.2, 0.25) is 0 Å². The van der Waals surface area contributed by atoms with E-state index >= 15 is 0 Å². The standard InChI is InChI=1S/C29H26N4O5S/c1-18-15-25(27(38-4)17-23(18)22-7-5-8-26(37-3)19(22)2)33-24-11-10-21(16-20(24)9-12-28(33)34)39(35,36)32-29-30-13-6-14-31-29/h5-17H,1-4H3,(H,30,31,32). The van der Waals surface area contributed by atoms with E-state index < -0.39 is 10.0 Å². The Morgan fingerprint density at radius 1 is 0.821 bits per heavy atom. The largest absolute Gasteiger partial charge is 0.496 e. The normalized spacial score (nSPS) is 11.4. The SMILES string of the molecule is COc1cc(-c2cccc(OC)c2C)c(C)cc1-n1c(=O)ccc2cc(S(=O)(=O)Nc3ncccn3)ccc21. The van der Waals surface area contributed by atoms with Crippen LogP contribution in [0.15, 0.2) is 88.8 Å². The monoisotopic (exact) mass is 542 g/mol. The molecule has 0 aliphatic carbocycles. The van der Waals surface area contributed by atoms with E-state index in [1.807, 2.05) is 44.2 Å². The maximum Gasteiger partial charge on any atom is 0.264 e. The third-order valence-electron chi connectivity index (χ3n) is 6.53. The van der Waals surface area contributed by atoms with Crippen LogP contribution in [0.3, 0.4) is 0 Å². The fraction of sp³-hybridized carbons (Fsp3) is 0.138. The van der Waals surface area contributed by atoms with E-state index in [0.29, 0.717) is 22.3 Å². The van der Waals surface area contributed by atoms with E-state index in [1.165, 1.54) is 35.2 Å². The summed E-state index contributed by atoms with van der Waals surface area (Å²) in [7, 11) is -0.769. The van der Waals surface area contributed by atoms with E-state index in [2.05, 4.69) is 14.7 Å². The number of nitrogens with zero attached hydrogens (tertiary/aromatic N) is 3. The predicted octanol–water partition coefficient (Wildman–Crippen LogP) is 4.88. The van der Waals surface area contributed by atoms with Crippen molar-refractivity contribution in [3.63, 3.8) is 0 Å². The lowest BCUT2D eigenvalue weighted by atomic mass is 9.95. The number of hydrogen-bond donors (Lipinski definition) is 1. The van der Waals surface area contributed by atoms with Gasteiger partial charge in [0.25, 0.3) is 15.6 Å². The first kappa shape index (κ1) is 25.9. The Bertz CT molecular complexity index is 1870. The van der Waals surface area contributed by atoms with Crippen LogP contribution in [0, 0.1) is 13.8 Å². The summed E-state index contributed by atoms with van der Waals surface area (Å²) >= 11 is 0. The van der Waals surface area contributed by atoms with Gasteiger partial charge < -0.3 is 9.47 Å². The first-order valence-electron chi connectivity index (χ1n) is 12.0. The van der Waals surface area contributed by atoms with Gasteiger partial charge in [-0.2, -0.15) is 0 Å². The Kier molecular flexibility index (Phi) is 6.80. The summed E-state index contributed by atoms with van der Waals surface area (Å²) in [5.41, 5.74) is 4.65. The molecule has 1 N–H and O–H groups in total. The van der Waals surface area contributed by atoms with Gasteiger partial charge in [0, 0.05) is 23.8 Å². The van der Waals surface area contributed by atoms with Crippen molar-refractivity contribution in [2.24, 2.45) is 0 Å². The Morgan fingerprint density at radius 3 is 2.28 bits per heavy atom. The lowest BCUT2D eigenvalue weighted by molar-refractivity contribution is 0.411. The molecule has 0 spiro atoms. The maximum atomic E-state index is 13.2. The average molecular weight is 543 g/mol. The molecule has 2 heterocycles. The molecule has 0 saturated heterocycles. The summed E-state index contributed by atoms with van der Waals surface area (Å²) in [4.78, 5) is 21.0. The van der Waals surface area contributed by atoms with Crippen LogP contribution in [0.4, 0.5) is 5.95 Å². The fourth-order valence-corrected chi connectivity index (χ4v) is 5.59. The zero-order chi connectivity index (χ0) is 27.7. The van der Waals surface area contributed by atoms with Gasteiger partial charge in [-0.25, -0.2) is 23.1 Å². The van der Waals surface area contributed by atoms with Gasteiger partial charge in [0.15, 0.2) is 0 Å². The minimum Gasteiger partial charge on any atom is -0.496 e. The minimum absolute atomic E-state index is 0.0136. The second kappa shape index (κ2) is 10.2. The van der Waals surface area contributed by atoms with Gasteiger partial charge in [0.05, 0.1) is 30.3 Å². The molecule has 2 aromatic heterocycles. The molecule has 198 valence electrons. The van der Waals surface area contributed by atoms with E-state index in [1.54, 1.807) is 32.4 Å². The summed E-state index contributed by atoms with van der Waals surface area (Å²) in [6, 6.07) is 18.8. The summed E-state index contributed by atoms with van der Waals surface area (Å²) in [6.07, 6.45) is 2.89. The molecule has 9 nitrogen and oxygen atoms in total. The third kappa shape index (κ3) is 4.82. The molecule has 10 heteroatoms. The molecule has 0 aliphatic heterocycles. The maximum absolute atomic E-state index is 13.2. The number of anilines is 1. The van der Waals surface area contributed by atoms with Crippen molar-refractivity contribution >= 4 is 26.9 Å². The van der Waals surface area contributed by atoms with Crippen molar-refractivity contribution in [1.82, 2.24) is 14.5 Å². The number of pyridine rings is 1. The smallest absolute Gasteiger partial charge is 0.264 e. The lowest BCUT2D eigenvalue weighted by Crippen LogP contribution is -2.19. The average Bonchev–Trinajstić information content (AvgIpc) is 2.93.